The van der Waals surface area contributed by atoms with Gasteiger partial charge in [-0.3, -0.25) is 10.00 Å². The molecular formula is C21H22F3N5. The zero-order valence-electron chi connectivity index (χ0n) is 16.3. The Bertz CT molecular complexity index is 992. The van der Waals surface area contributed by atoms with Crippen LogP contribution in [0, 0.1) is 0 Å². The van der Waals surface area contributed by atoms with Gasteiger partial charge in [0.25, 0.3) is 0 Å². The number of benzene rings is 1. The first-order chi connectivity index (χ1) is 13.8. The molecule has 0 atom stereocenters. The molecule has 0 amide bonds. The van der Waals surface area contributed by atoms with Crippen molar-refractivity contribution in [3.05, 3.63) is 64.9 Å². The van der Waals surface area contributed by atoms with Gasteiger partial charge >= 0.3 is 6.18 Å². The molecule has 0 bridgehead atoms. The van der Waals surface area contributed by atoms with Crippen molar-refractivity contribution in [1.29, 1.82) is 0 Å². The third kappa shape index (κ3) is 4.17. The maximum absolute atomic E-state index is 12.8. The molecule has 1 aliphatic rings. The van der Waals surface area contributed by atoms with E-state index in [0.717, 1.165) is 60.0 Å². The van der Waals surface area contributed by atoms with Crippen molar-refractivity contribution in [1.82, 2.24) is 25.1 Å². The van der Waals surface area contributed by atoms with Crippen LogP contribution in [-0.2, 0) is 25.7 Å². The van der Waals surface area contributed by atoms with Crippen LogP contribution in [0.2, 0.25) is 0 Å². The lowest BCUT2D eigenvalue weighted by Gasteiger charge is -2.28. The average molecular weight is 401 g/mol. The van der Waals surface area contributed by atoms with E-state index in [4.69, 9.17) is 0 Å². The highest BCUT2D eigenvalue weighted by Gasteiger charge is 2.30. The first-order valence-electron chi connectivity index (χ1n) is 9.58. The topological polar surface area (TPSA) is 57.7 Å². The van der Waals surface area contributed by atoms with Gasteiger partial charge in [-0.25, -0.2) is 9.97 Å². The zero-order chi connectivity index (χ0) is 20.6. The predicted octanol–water partition coefficient (Wildman–Crippen LogP) is 4.57. The van der Waals surface area contributed by atoms with Gasteiger partial charge in [-0.05, 0) is 17.7 Å². The normalized spacial score (nSPS) is 15.0. The highest BCUT2D eigenvalue weighted by Crippen LogP contribution is 2.31. The number of fused-ring (bicyclic) bond motifs is 1. The number of halogens is 3. The minimum atomic E-state index is -4.34. The molecular weight excluding hydrogens is 379 g/mol. The Morgan fingerprint density at radius 2 is 1.90 bits per heavy atom. The number of aromatic nitrogens is 4. The van der Waals surface area contributed by atoms with Crippen LogP contribution < -0.4 is 0 Å². The van der Waals surface area contributed by atoms with Crippen LogP contribution in [0.4, 0.5) is 13.2 Å². The van der Waals surface area contributed by atoms with Gasteiger partial charge in [-0.1, -0.05) is 26.0 Å². The SMILES string of the molecule is CC(C)c1ncc2c(n1)CCN(Cc1cn[nH]c1-c1ccc(C(F)(F)F)cc1)C2. The van der Waals surface area contributed by atoms with E-state index in [-0.39, 0.29) is 0 Å². The monoisotopic (exact) mass is 401 g/mol. The minimum absolute atomic E-state index is 0.301. The molecule has 4 rings (SSSR count). The molecule has 1 aromatic carbocycles. The van der Waals surface area contributed by atoms with Gasteiger partial charge in [0.05, 0.1) is 17.5 Å². The number of hydrogen-bond donors (Lipinski definition) is 1. The molecule has 0 unspecified atom stereocenters. The number of rotatable bonds is 4. The maximum Gasteiger partial charge on any atom is 0.416 e. The Balaban J connectivity index is 1.50. The number of H-pyrrole nitrogens is 1. The number of nitrogens with one attached hydrogen (secondary N) is 1. The van der Waals surface area contributed by atoms with Crippen LogP contribution >= 0.6 is 0 Å². The smallest absolute Gasteiger partial charge is 0.294 e. The number of alkyl halides is 3. The van der Waals surface area contributed by atoms with E-state index in [2.05, 4.69) is 38.9 Å². The fourth-order valence-electron chi connectivity index (χ4n) is 3.55. The summed E-state index contributed by atoms with van der Waals surface area (Å²) < 4.78 is 38.4. The molecule has 1 N–H and O–H groups in total. The van der Waals surface area contributed by atoms with E-state index in [1.54, 1.807) is 6.20 Å². The van der Waals surface area contributed by atoms with Crippen LogP contribution in [0.5, 0.6) is 0 Å². The molecule has 0 fully saturated rings. The summed E-state index contributed by atoms with van der Waals surface area (Å²) in [7, 11) is 0. The number of nitrogens with zero attached hydrogens (tertiary/aromatic N) is 4. The molecule has 1 aliphatic heterocycles. The summed E-state index contributed by atoms with van der Waals surface area (Å²) in [6, 6.07) is 5.15. The summed E-state index contributed by atoms with van der Waals surface area (Å²) in [6.45, 7) is 6.42. The number of hydrogen-bond acceptors (Lipinski definition) is 4. The van der Waals surface area contributed by atoms with Gasteiger partial charge < -0.3 is 0 Å². The Labute approximate surface area is 167 Å². The molecule has 0 spiro atoms. The molecule has 3 heterocycles. The first-order valence-corrected chi connectivity index (χ1v) is 9.58. The van der Waals surface area contributed by atoms with E-state index >= 15 is 0 Å². The van der Waals surface area contributed by atoms with Crippen LogP contribution in [0.3, 0.4) is 0 Å². The fraction of sp³-hybridized carbons (Fsp3) is 0.381. The molecule has 3 aromatic rings. The second-order valence-corrected chi connectivity index (χ2v) is 7.66. The maximum atomic E-state index is 12.8. The van der Waals surface area contributed by atoms with E-state index in [9.17, 15) is 13.2 Å². The van der Waals surface area contributed by atoms with Gasteiger partial charge in [0.2, 0.25) is 0 Å². The molecule has 0 saturated heterocycles. The highest BCUT2D eigenvalue weighted by atomic mass is 19.4. The summed E-state index contributed by atoms with van der Waals surface area (Å²) >= 11 is 0. The largest absolute Gasteiger partial charge is 0.416 e. The quantitative estimate of drug-likeness (QED) is 0.696. The molecule has 8 heteroatoms. The standard InChI is InChI=1S/C21H22F3N5/c1-13(2)20-25-9-15-11-29(8-7-18(15)27-20)12-16-10-26-28-19(16)14-3-5-17(6-4-14)21(22,23)24/h3-6,9-10,13H,7-8,11-12H2,1-2H3,(H,26,28). The first kappa shape index (κ1) is 19.6. The number of aromatic amines is 1. The molecule has 2 aromatic heterocycles. The van der Waals surface area contributed by atoms with E-state index in [1.165, 1.54) is 12.1 Å². The second kappa shape index (κ2) is 7.59. The Hall–Kier alpha value is -2.74. The Morgan fingerprint density at radius 3 is 2.59 bits per heavy atom. The summed E-state index contributed by atoms with van der Waals surface area (Å²) in [5, 5.41) is 7.04. The van der Waals surface area contributed by atoms with E-state index in [1.807, 2.05) is 6.20 Å². The van der Waals surface area contributed by atoms with E-state index < -0.39 is 11.7 Å². The van der Waals surface area contributed by atoms with Gasteiger partial charge in [-0.2, -0.15) is 18.3 Å². The lowest BCUT2D eigenvalue weighted by Crippen LogP contribution is -2.31. The summed E-state index contributed by atoms with van der Waals surface area (Å²) in [4.78, 5) is 11.4. The Morgan fingerprint density at radius 1 is 1.14 bits per heavy atom. The molecule has 5 nitrogen and oxygen atoms in total. The van der Waals surface area contributed by atoms with Gasteiger partial charge in [0.15, 0.2) is 0 Å². The van der Waals surface area contributed by atoms with Gasteiger partial charge in [0, 0.05) is 55.0 Å². The minimum Gasteiger partial charge on any atom is -0.294 e. The van der Waals surface area contributed by atoms with Crippen LogP contribution in [0.1, 0.15) is 48.0 Å². The van der Waals surface area contributed by atoms with E-state index in [0.29, 0.717) is 18.0 Å². The molecule has 0 aliphatic carbocycles. The van der Waals surface area contributed by atoms with Crippen LogP contribution in [0.25, 0.3) is 11.3 Å². The van der Waals surface area contributed by atoms with Crippen molar-refractivity contribution in [2.45, 2.75) is 45.5 Å². The molecule has 0 radical (unpaired) electrons. The average Bonchev–Trinajstić information content (AvgIpc) is 3.15. The lowest BCUT2D eigenvalue weighted by atomic mass is 10.0. The van der Waals surface area contributed by atoms with Crippen molar-refractivity contribution in [3.63, 3.8) is 0 Å². The van der Waals surface area contributed by atoms with Crippen molar-refractivity contribution in [2.24, 2.45) is 0 Å². The summed E-state index contributed by atoms with van der Waals surface area (Å²) in [6.07, 6.45) is 0.163. The fourth-order valence-corrected chi connectivity index (χ4v) is 3.55. The molecule has 0 saturated carbocycles. The third-order valence-corrected chi connectivity index (χ3v) is 5.16. The summed E-state index contributed by atoms with van der Waals surface area (Å²) in [5.74, 6) is 1.17. The van der Waals surface area contributed by atoms with Crippen molar-refractivity contribution in [3.8, 4) is 11.3 Å². The second-order valence-electron chi connectivity index (χ2n) is 7.66. The van der Waals surface area contributed by atoms with Crippen LogP contribution in [-0.4, -0.2) is 31.6 Å². The van der Waals surface area contributed by atoms with Crippen molar-refractivity contribution in [2.75, 3.05) is 6.54 Å². The molecule has 152 valence electrons. The Kier molecular flexibility index (Phi) is 5.12. The van der Waals surface area contributed by atoms with Gasteiger partial charge in [0.1, 0.15) is 5.82 Å². The predicted molar refractivity (Wildman–Crippen MR) is 103 cm³/mol. The molecule has 29 heavy (non-hydrogen) atoms. The third-order valence-electron chi connectivity index (χ3n) is 5.16. The highest BCUT2D eigenvalue weighted by molar-refractivity contribution is 5.63. The summed E-state index contributed by atoms with van der Waals surface area (Å²) in [5.41, 5.74) is 3.96. The van der Waals surface area contributed by atoms with Crippen molar-refractivity contribution < 1.29 is 13.2 Å². The van der Waals surface area contributed by atoms with Gasteiger partial charge in [-0.15, -0.1) is 0 Å². The lowest BCUT2D eigenvalue weighted by molar-refractivity contribution is -0.137. The zero-order valence-corrected chi connectivity index (χ0v) is 16.3. The van der Waals surface area contributed by atoms with Crippen LogP contribution in [0.15, 0.2) is 36.7 Å². The van der Waals surface area contributed by atoms with Crippen molar-refractivity contribution >= 4 is 0 Å².